The number of carbonyl (C=O) groups excluding carboxylic acids is 7. The number of anilines is 2. The summed E-state index contributed by atoms with van der Waals surface area (Å²) >= 11 is 0. The van der Waals surface area contributed by atoms with E-state index in [1.54, 1.807) is 57.2 Å². The number of carbonyl (C=O) groups is 9. The number of nitrogens with one attached hydrogen (secondary N) is 9. The van der Waals surface area contributed by atoms with Crippen LogP contribution in [-0.2, 0) is 67.5 Å². The fourth-order valence-corrected chi connectivity index (χ4v) is 17.5. The van der Waals surface area contributed by atoms with Gasteiger partial charge in [0.1, 0.15) is 56.8 Å². The van der Waals surface area contributed by atoms with Crippen molar-refractivity contribution in [3.63, 3.8) is 0 Å². The number of carboxylic acid groups (broad SMARTS) is 2. The molecule has 0 radical (unpaired) electrons. The number of alkyl carbamates (subject to hydrolysis) is 2. The van der Waals surface area contributed by atoms with Crippen molar-refractivity contribution in [2.75, 3.05) is 36.8 Å². The van der Waals surface area contributed by atoms with Crippen molar-refractivity contribution in [3.8, 4) is 0 Å². The van der Waals surface area contributed by atoms with Crippen LogP contribution < -0.4 is 46.7 Å². The lowest BCUT2D eigenvalue weighted by Crippen LogP contribution is -2.56. The average Bonchev–Trinajstić information content (AvgIpc) is 1.59. The largest absolute Gasteiger partial charge is 0.480 e. The molecule has 2 aliphatic heterocycles. The molecule has 7 amide bonds. The molecule has 12 N–H and O–H groups in total. The number of β-amino-alcohol motifs (C(OH)–C–C–N with tert-alkyl or cyclic N) is 1. The molecule has 6 aliphatic rings. The summed E-state index contributed by atoms with van der Waals surface area (Å²) in [6.07, 6.45) is 15.4. The zero-order valence-corrected chi connectivity index (χ0v) is 66.4. The molecule has 2 aromatic rings. The Hall–Kier alpha value is -7.85. The quantitative estimate of drug-likeness (QED) is 0.0129. The minimum Gasteiger partial charge on any atom is -0.480 e. The van der Waals surface area contributed by atoms with Crippen molar-refractivity contribution in [2.24, 2.45) is 11.8 Å². The van der Waals surface area contributed by atoms with Crippen LogP contribution in [0.2, 0.25) is 18.1 Å². The van der Waals surface area contributed by atoms with Crippen LogP contribution in [-0.4, -0.2) is 191 Å². The van der Waals surface area contributed by atoms with Crippen LogP contribution in [0, 0.1) is 11.8 Å². The molecule has 2 aromatic carbocycles. The lowest BCUT2D eigenvalue weighted by atomic mass is 10.1. The second kappa shape index (κ2) is 38.7. The molecule has 0 spiro atoms. The molecule has 108 heavy (non-hydrogen) atoms. The molecule has 6 fully saturated rings. The number of aliphatic hydroxyl groups excluding tert-OH is 1. The first-order chi connectivity index (χ1) is 50.8. The highest BCUT2D eigenvalue weighted by molar-refractivity contribution is 7.90. The number of amides is 7. The molecule has 2 saturated heterocycles. The standard InChI is InChI=1S/C43H69N5O11SSi.C32H47N5O9S/c1-10-29-27-43(29,46-36(49)34-26-31(59-61(8,9)42(5,6)7)28-48(34)40(54)58-41(2,3)4)38(52)47-60(55,56)35-24-18-17-22-32(35)44-25-19-13-11-12-14-23-33(37(50)51)45-39(53)57-30-20-15-16-21-30;1-2-21-19-32(21,36-28(39)26-18-22(38)20-34-26)30(42)37-47(44,45)27-16-10-9-14-24(27)33-17-11-5-3-4-6-15-25(29(40)41)35-31(43)46-23-12-7-8-13-23/h10,17-18,22,24,29-31,33-34,44H,1,11-16,19-21,23,25-28H2,2-9H3,(H,45,53)(H,46,49)(H,47,52)(H,50,51);2,9-10,14,16,21-23,25-26,33-34,38H,1,3-8,11-13,15,17-20H2,(H,35,43)(H,36,39)(H,37,42)(H,40,41)/t29-,31-,33+,34+,43-;21-,22-,25+,26+,32-/m11/s1. The van der Waals surface area contributed by atoms with Crippen LogP contribution in [0.25, 0.3) is 0 Å². The highest BCUT2D eigenvalue weighted by Gasteiger charge is 2.63. The Morgan fingerprint density at radius 3 is 1.42 bits per heavy atom. The van der Waals surface area contributed by atoms with Gasteiger partial charge in [0, 0.05) is 44.4 Å². The summed E-state index contributed by atoms with van der Waals surface area (Å²) in [4.78, 5) is 116. The van der Waals surface area contributed by atoms with E-state index >= 15 is 0 Å². The minimum atomic E-state index is -4.43. The SMILES string of the molecule is C=C[C@@H]1C[C@]1(NC(=O)[C@@H]1C[C@@H](O)CN1)C(=O)NS(=O)(=O)c1ccccc1NCCCCCCC[C@H](NC(=O)OC1CCCC1)C(=O)O.C=C[C@@H]1C[C@]1(NC(=O)[C@@H]1C[C@@H](O[Si](C)(C)C(C)(C)C)CN1C(=O)OC(C)(C)C)C(=O)NS(=O)(=O)c1ccccc1NCCCCCCC[C@H](NC(=O)OC1CCCC1)C(=O)O. The van der Waals surface area contributed by atoms with E-state index in [1.165, 1.54) is 29.2 Å². The summed E-state index contributed by atoms with van der Waals surface area (Å²) in [6.45, 7) is 24.5. The Morgan fingerprint density at radius 1 is 0.611 bits per heavy atom. The molecule has 0 unspecified atom stereocenters. The van der Waals surface area contributed by atoms with Crippen LogP contribution in [0.1, 0.15) is 196 Å². The van der Waals surface area contributed by atoms with Crippen molar-refractivity contribution >= 4 is 93.6 Å². The van der Waals surface area contributed by atoms with E-state index in [-0.39, 0.29) is 72.2 Å². The highest BCUT2D eigenvalue weighted by Crippen LogP contribution is 2.47. The molecule has 0 aromatic heterocycles. The Bertz CT molecular complexity index is 3730. The van der Waals surface area contributed by atoms with Crippen LogP contribution in [0.5, 0.6) is 0 Å². The number of ether oxygens (including phenoxy) is 3. The number of sulfonamides is 2. The van der Waals surface area contributed by atoms with Gasteiger partial charge in [0.2, 0.25) is 11.8 Å². The number of benzene rings is 2. The predicted octanol–water partition coefficient (Wildman–Crippen LogP) is 8.98. The topological polar surface area (TPSA) is 431 Å². The summed E-state index contributed by atoms with van der Waals surface area (Å²) in [5.74, 6) is -6.07. The number of nitrogens with zero attached hydrogens (tertiary/aromatic N) is 1. The van der Waals surface area contributed by atoms with Crippen LogP contribution in [0.15, 0.2) is 83.6 Å². The van der Waals surface area contributed by atoms with Gasteiger partial charge >= 0.3 is 30.2 Å². The van der Waals surface area contributed by atoms with Crippen molar-refractivity contribution in [1.82, 2.24) is 40.9 Å². The highest BCUT2D eigenvalue weighted by atomic mass is 32.2. The number of rotatable bonds is 38. The van der Waals surface area contributed by atoms with Gasteiger partial charge < -0.3 is 71.2 Å². The van der Waals surface area contributed by atoms with Crippen LogP contribution in [0.4, 0.5) is 25.8 Å². The predicted molar refractivity (Wildman–Crippen MR) is 407 cm³/mol. The maximum Gasteiger partial charge on any atom is 0.411 e. The zero-order valence-electron chi connectivity index (χ0n) is 63.8. The molecule has 30 nitrogen and oxygen atoms in total. The monoisotopic (exact) mass is 1570 g/mol. The first-order valence-corrected chi connectivity index (χ1v) is 43.9. The smallest absolute Gasteiger partial charge is 0.411 e. The van der Waals surface area contributed by atoms with Crippen LogP contribution in [0.3, 0.4) is 0 Å². The summed E-state index contributed by atoms with van der Waals surface area (Å²) in [5.41, 5.74) is -3.26. The number of aliphatic carboxylic acids is 2. The molecule has 4 aliphatic carbocycles. The third kappa shape index (κ3) is 25.1. The number of hydrogen-bond acceptors (Lipinski definition) is 21. The normalized spacial score (nSPS) is 23.4. The Kier molecular flexibility index (Phi) is 31.3. The van der Waals surface area contributed by atoms with Gasteiger partial charge in [0.25, 0.3) is 31.9 Å². The van der Waals surface area contributed by atoms with E-state index in [0.717, 1.165) is 96.3 Å². The Morgan fingerprint density at radius 2 is 1.03 bits per heavy atom. The fraction of sp³-hybridized carbons (Fsp3) is 0.667. The molecule has 10 atom stereocenters. The van der Waals surface area contributed by atoms with Gasteiger partial charge in [-0.15, -0.1) is 13.2 Å². The van der Waals surface area contributed by atoms with E-state index in [9.17, 15) is 75.3 Å². The average molecular weight is 1570 g/mol. The van der Waals surface area contributed by atoms with Crippen molar-refractivity contribution < 1.29 is 93.9 Å². The molecule has 0 bridgehead atoms. The molecular weight excluding hydrogens is 1450 g/mol. The van der Waals surface area contributed by atoms with Gasteiger partial charge in [0.15, 0.2) is 8.32 Å². The third-order valence-corrected chi connectivity index (χ3v) is 28.4. The maximum absolute atomic E-state index is 14.1. The number of unbranched alkanes of at least 4 members (excludes halogenated alkanes) is 8. The summed E-state index contributed by atoms with van der Waals surface area (Å²) in [6, 6.07) is 8.70. The molecular formula is C75H116N10O20S2Si. The second-order valence-electron chi connectivity index (χ2n) is 31.8. The molecule has 8 rings (SSSR count). The van der Waals surface area contributed by atoms with E-state index < -0.39 is 147 Å². The molecule has 602 valence electrons. The summed E-state index contributed by atoms with van der Waals surface area (Å²) in [5, 5.41) is 48.2. The van der Waals surface area contributed by atoms with E-state index in [1.807, 2.05) is 0 Å². The number of hydrogen-bond donors (Lipinski definition) is 12. The first kappa shape index (κ1) is 87.4. The maximum atomic E-state index is 14.1. The summed E-state index contributed by atoms with van der Waals surface area (Å²) < 4.78 is 81.5. The number of para-hydroxylation sites is 2. The zero-order chi connectivity index (χ0) is 79.4. The molecule has 4 saturated carbocycles. The molecule has 33 heteroatoms. The Labute approximate surface area is 636 Å². The van der Waals surface area contributed by atoms with Crippen LogP contribution >= 0.6 is 0 Å². The lowest BCUT2D eigenvalue weighted by Gasteiger charge is -2.38. The van der Waals surface area contributed by atoms with Gasteiger partial charge in [-0.05, 0) is 159 Å². The summed E-state index contributed by atoms with van der Waals surface area (Å²) in [7, 11) is -11.0. The fourth-order valence-electron chi connectivity index (χ4n) is 13.7. The lowest BCUT2D eigenvalue weighted by molar-refractivity contribution is -0.140. The number of carboxylic acids is 2. The van der Waals surface area contributed by atoms with Gasteiger partial charge in [-0.2, -0.15) is 0 Å². The first-order valence-electron chi connectivity index (χ1n) is 38.0. The number of aliphatic hydroxyl groups is 1. The molecule has 2 heterocycles. The minimum absolute atomic E-state index is 0.107. The number of likely N-dealkylation sites (tertiary alicyclic amines) is 1. The van der Waals surface area contributed by atoms with Gasteiger partial charge in [-0.1, -0.05) is 109 Å². The van der Waals surface area contributed by atoms with Crippen molar-refractivity contribution in [2.45, 2.75) is 289 Å². The van der Waals surface area contributed by atoms with Gasteiger partial charge in [-0.3, -0.25) is 24.1 Å². The van der Waals surface area contributed by atoms with E-state index in [0.29, 0.717) is 50.1 Å². The second-order valence-corrected chi connectivity index (χ2v) is 39.8. The van der Waals surface area contributed by atoms with Gasteiger partial charge in [0.05, 0.1) is 29.6 Å². The van der Waals surface area contributed by atoms with E-state index in [2.05, 4.69) is 93.7 Å². The van der Waals surface area contributed by atoms with Gasteiger partial charge in [-0.25, -0.2) is 50.3 Å². The third-order valence-electron chi connectivity index (χ3n) is 21.1. The van der Waals surface area contributed by atoms with Crippen molar-refractivity contribution in [3.05, 3.63) is 73.8 Å². The Balaban J connectivity index is 0.000000311. The van der Waals surface area contributed by atoms with Crippen molar-refractivity contribution in [1.29, 1.82) is 0 Å². The van der Waals surface area contributed by atoms with E-state index in [4.69, 9.17) is 18.6 Å².